The van der Waals surface area contributed by atoms with Gasteiger partial charge < -0.3 is 0 Å². The summed E-state index contributed by atoms with van der Waals surface area (Å²) in [5.74, 6) is 0. The molecule has 0 N–H and O–H groups in total. The van der Waals surface area contributed by atoms with E-state index >= 15 is 0 Å². The maximum atomic E-state index is 3.48. The van der Waals surface area contributed by atoms with Crippen LogP contribution in [-0.2, 0) is 0 Å². The van der Waals surface area contributed by atoms with Crippen molar-refractivity contribution in [1.29, 1.82) is 0 Å². The van der Waals surface area contributed by atoms with Crippen LogP contribution in [0.3, 0.4) is 0 Å². The highest BCUT2D eigenvalue weighted by molar-refractivity contribution is 9.10. The van der Waals surface area contributed by atoms with Crippen molar-refractivity contribution in [3.63, 3.8) is 0 Å². The van der Waals surface area contributed by atoms with E-state index in [0.717, 1.165) is 4.47 Å². The van der Waals surface area contributed by atoms with E-state index in [2.05, 4.69) is 48.0 Å². The number of rotatable bonds is 1. The molecule has 0 aliphatic carbocycles. The minimum absolute atomic E-state index is 1.15. The molecule has 1 aromatic rings. The molecule has 0 aliphatic rings. The zero-order valence-electron chi connectivity index (χ0n) is 6.76. The first-order chi connectivity index (χ1) is 5.20. The van der Waals surface area contributed by atoms with Crippen LogP contribution in [0.4, 0.5) is 0 Å². The van der Waals surface area contributed by atoms with E-state index in [-0.39, 0.29) is 0 Å². The van der Waals surface area contributed by atoms with Crippen LogP contribution in [0.2, 0.25) is 0 Å². The topological polar surface area (TPSA) is 0 Å². The second kappa shape index (κ2) is 3.72. The molecular weight excluding hydrogens is 200 g/mol. The third kappa shape index (κ3) is 2.51. The molecule has 0 aliphatic heterocycles. The first-order valence-corrected chi connectivity index (χ1v) is 4.39. The molecule has 11 heavy (non-hydrogen) atoms. The third-order valence-corrected chi connectivity index (χ3v) is 2.07. The van der Waals surface area contributed by atoms with Crippen LogP contribution in [0.1, 0.15) is 19.4 Å². The van der Waals surface area contributed by atoms with E-state index in [1.807, 2.05) is 12.1 Å². The van der Waals surface area contributed by atoms with E-state index in [0.29, 0.717) is 0 Å². The van der Waals surface area contributed by atoms with Crippen molar-refractivity contribution in [1.82, 2.24) is 0 Å². The van der Waals surface area contributed by atoms with Crippen LogP contribution in [0, 0.1) is 0 Å². The molecule has 0 aromatic heterocycles. The molecule has 1 aromatic carbocycles. The largest absolute Gasteiger partial charge is 0.0758 e. The maximum absolute atomic E-state index is 3.48. The Labute approximate surface area is 76.1 Å². The Morgan fingerprint density at radius 3 is 2.45 bits per heavy atom. The molecule has 1 rings (SSSR count). The highest BCUT2D eigenvalue weighted by Crippen LogP contribution is 2.18. The Balaban J connectivity index is 3.04. The van der Waals surface area contributed by atoms with Gasteiger partial charge in [-0.15, -0.1) is 0 Å². The highest BCUT2D eigenvalue weighted by Gasteiger charge is 1.92. The van der Waals surface area contributed by atoms with Gasteiger partial charge in [-0.1, -0.05) is 45.8 Å². The van der Waals surface area contributed by atoms with Crippen molar-refractivity contribution in [2.24, 2.45) is 0 Å². The second-order valence-corrected chi connectivity index (χ2v) is 3.60. The lowest BCUT2D eigenvalue weighted by atomic mass is 10.2. The summed E-state index contributed by atoms with van der Waals surface area (Å²) in [6.45, 7) is 4.19. The number of hydrogen-bond acceptors (Lipinski definition) is 0. The van der Waals surface area contributed by atoms with Gasteiger partial charge in [0.1, 0.15) is 0 Å². The fraction of sp³-hybridized carbons (Fsp3) is 0.200. The smallest absolute Gasteiger partial charge is 0.0247 e. The number of hydrogen-bond donors (Lipinski definition) is 0. The van der Waals surface area contributed by atoms with Crippen LogP contribution < -0.4 is 0 Å². The Morgan fingerprint density at radius 2 is 1.91 bits per heavy atom. The van der Waals surface area contributed by atoms with Gasteiger partial charge in [0, 0.05) is 4.47 Å². The van der Waals surface area contributed by atoms with Gasteiger partial charge in [-0.3, -0.25) is 0 Å². The lowest BCUT2D eigenvalue weighted by Crippen LogP contribution is -1.74. The maximum Gasteiger partial charge on any atom is 0.0247 e. The van der Waals surface area contributed by atoms with Gasteiger partial charge in [0.15, 0.2) is 0 Å². The summed E-state index contributed by atoms with van der Waals surface area (Å²) in [6.07, 6.45) is 2.16. The Bertz CT molecular complexity index is 270. The van der Waals surface area contributed by atoms with Gasteiger partial charge in [-0.2, -0.15) is 0 Å². The fourth-order valence-electron chi connectivity index (χ4n) is 0.903. The van der Waals surface area contributed by atoms with Crippen molar-refractivity contribution >= 4 is 22.0 Å². The molecule has 0 heterocycles. The molecule has 0 fully saturated rings. The van der Waals surface area contributed by atoms with E-state index in [1.54, 1.807) is 0 Å². The predicted octanol–water partition coefficient (Wildman–Crippen LogP) is 3.87. The molecule has 0 saturated heterocycles. The van der Waals surface area contributed by atoms with Gasteiger partial charge >= 0.3 is 0 Å². The van der Waals surface area contributed by atoms with Crippen molar-refractivity contribution in [3.8, 4) is 0 Å². The van der Waals surface area contributed by atoms with E-state index in [1.165, 1.54) is 11.1 Å². The zero-order chi connectivity index (χ0) is 8.27. The van der Waals surface area contributed by atoms with Crippen LogP contribution in [-0.4, -0.2) is 0 Å². The van der Waals surface area contributed by atoms with Gasteiger partial charge in [-0.25, -0.2) is 0 Å². The Hall–Kier alpha value is -0.560. The van der Waals surface area contributed by atoms with Gasteiger partial charge in [0.05, 0.1) is 0 Å². The van der Waals surface area contributed by atoms with Crippen molar-refractivity contribution in [3.05, 3.63) is 39.9 Å². The Morgan fingerprint density at radius 1 is 1.27 bits per heavy atom. The number of benzene rings is 1. The molecule has 0 atom stereocenters. The lowest BCUT2D eigenvalue weighted by Gasteiger charge is -1.97. The van der Waals surface area contributed by atoms with Crippen LogP contribution in [0.25, 0.3) is 6.08 Å². The van der Waals surface area contributed by atoms with Crippen LogP contribution in [0.5, 0.6) is 0 Å². The molecule has 0 radical (unpaired) electrons. The number of halogens is 1. The quantitative estimate of drug-likeness (QED) is 0.661. The molecule has 58 valence electrons. The molecule has 0 saturated carbocycles. The second-order valence-electron chi connectivity index (χ2n) is 2.74. The Kier molecular flexibility index (Phi) is 2.89. The van der Waals surface area contributed by atoms with Gasteiger partial charge in [-0.05, 0) is 25.5 Å². The van der Waals surface area contributed by atoms with Crippen molar-refractivity contribution in [2.75, 3.05) is 0 Å². The normalized spacial score (nSPS) is 9.36. The standard InChI is InChI=1S/C10H11Br/c1-8(2)7-9-5-3-4-6-10(9)11/h3-7H,1-2H3. The fourth-order valence-corrected chi connectivity index (χ4v) is 1.30. The van der Waals surface area contributed by atoms with Crippen LogP contribution in [0.15, 0.2) is 34.3 Å². The summed E-state index contributed by atoms with van der Waals surface area (Å²) in [4.78, 5) is 0. The lowest BCUT2D eigenvalue weighted by molar-refractivity contribution is 1.42. The third-order valence-electron chi connectivity index (χ3n) is 1.35. The summed E-state index contributed by atoms with van der Waals surface area (Å²) >= 11 is 3.48. The van der Waals surface area contributed by atoms with Crippen molar-refractivity contribution < 1.29 is 0 Å². The molecule has 1 heteroatoms. The summed E-state index contributed by atoms with van der Waals surface area (Å²) in [7, 11) is 0. The first kappa shape index (κ1) is 8.54. The van der Waals surface area contributed by atoms with Crippen LogP contribution >= 0.6 is 15.9 Å². The van der Waals surface area contributed by atoms with E-state index < -0.39 is 0 Å². The number of allylic oxidation sites excluding steroid dienone is 1. The molecule has 0 unspecified atom stereocenters. The molecule has 0 bridgehead atoms. The first-order valence-electron chi connectivity index (χ1n) is 3.59. The summed E-state index contributed by atoms with van der Waals surface area (Å²) in [5.41, 5.74) is 2.56. The van der Waals surface area contributed by atoms with Gasteiger partial charge in [0.2, 0.25) is 0 Å². The van der Waals surface area contributed by atoms with E-state index in [9.17, 15) is 0 Å². The SMILES string of the molecule is CC(C)=Cc1ccccc1Br. The monoisotopic (exact) mass is 210 g/mol. The minimum Gasteiger partial charge on any atom is -0.0758 e. The predicted molar refractivity (Wildman–Crippen MR) is 53.5 cm³/mol. The summed E-state index contributed by atoms with van der Waals surface area (Å²) in [5, 5.41) is 0. The molecular formula is C10H11Br. The molecule has 0 spiro atoms. The molecule has 0 amide bonds. The molecule has 0 nitrogen and oxygen atoms in total. The minimum atomic E-state index is 1.15. The van der Waals surface area contributed by atoms with Gasteiger partial charge in [0.25, 0.3) is 0 Å². The average Bonchev–Trinajstić information content (AvgIpc) is 1.93. The summed E-state index contributed by atoms with van der Waals surface area (Å²) in [6, 6.07) is 8.21. The van der Waals surface area contributed by atoms with E-state index in [4.69, 9.17) is 0 Å². The highest BCUT2D eigenvalue weighted by atomic mass is 79.9. The summed E-state index contributed by atoms with van der Waals surface area (Å²) < 4.78 is 1.15. The average molecular weight is 211 g/mol. The zero-order valence-corrected chi connectivity index (χ0v) is 8.35. The van der Waals surface area contributed by atoms with Crippen molar-refractivity contribution in [2.45, 2.75) is 13.8 Å².